The third kappa shape index (κ3) is 3.03. The lowest BCUT2D eigenvalue weighted by Crippen LogP contribution is -1.96. The van der Waals surface area contributed by atoms with Crippen LogP contribution in [0.4, 0.5) is 11.5 Å². The smallest absolute Gasteiger partial charge is 0.144 e. The minimum atomic E-state index is 0.773. The van der Waals surface area contributed by atoms with Crippen molar-refractivity contribution in [1.29, 1.82) is 0 Å². The number of hydrogen-bond donors (Lipinski definition) is 1. The second-order valence-electron chi connectivity index (χ2n) is 3.81. The van der Waals surface area contributed by atoms with Gasteiger partial charge < -0.3 is 10.1 Å². The van der Waals surface area contributed by atoms with Gasteiger partial charge in [-0.3, -0.25) is 0 Å². The molecule has 0 saturated heterocycles. The van der Waals surface area contributed by atoms with Gasteiger partial charge >= 0.3 is 0 Å². The number of rotatable bonds is 3. The number of anilines is 2. The van der Waals surface area contributed by atoms with Crippen LogP contribution in [0, 0.1) is 6.92 Å². The summed E-state index contributed by atoms with van der Waals surface area (Å²) in [7, 11) is 1.65. The molecule has 18 heavy (non-hydrogen) atoms. The van der Waals surface area contributed by atoms with Crippen LogP contribution in [0.2, 0.25) is 0 Å². The van der Waals surface area contributed by atoms with Crippen LogP contribution in [0.5, 0.6) is 5.75 Å². The summed E-state index contributed by atoms with van der Waals surface area (Å²) in [5.41, 5.74) is 2.02. The van der Waals surface area contributed by atoms with E-state index in [1.165, 1.54) is 0 Å². The quantitative estimate of drug-likeness (QED) is 0.851. The maximum atomic E-state index is 5.20. The zero-order valence-corrected chi connectivity index (χ0v) is 13.2. The number of halogens is 2. The van der Waals surface area contributed by atoms with E-state index in [-0.39, 0.29) is 0 Å². The molecule has 2 aromatic rings. The second kappa shape index (κ2) is 5.71. The molecule has 5 heteroatoms. The number of benzene rings is 1. The van der Waals surface area contributed by atoms with Crippen LogP contribution in [0.3, 0.4) is 0 Å². The van der Waals surface area contributed by atoms with E-state index in [0.717, 1.165) is 31.8 Å². The third-order valence-corrected chi connectivity index (χ3v) is 3.70. The van der Waals surface area contributed by atoms with Gasteiger partial charge in [-0.05, 0) is 62.5 Å². The molecular weight excluding hydrogens is 360 g/mol. The van der Waals surface area contributed by atoms with Gasteiger partial charge in [-0.1, -0.05) is 0 Å². The van der Waals surface area contributed by atoms with E-state index >= 15 is 0 Å². The Labute approximate surface area is 123 Å². The molecule has 1 N–H and O–H groups in total. The van der Waals surface area contributed by atoms with E-state index in [2.05, 4.69) is 42.2 Å². The molecule has 1 aromatic carbocycles. The Bertz CT molecular complexity index is 573. The number of aromatic nitrogens is 1. The van der Waals surface area contributed by atoms with Gasteiger partial charge in [0.05, 0.1) is 17.3 Å². The first-order chi connectivity index (χ1) is 8.60. The molecular formula is C13H12Br2N2O. The molecule has 0 unspecified atom stereocenters. The molecule has 0 atom stereocenters. The number of methoxy groups -OCH3 is 1. The molecule has 2 rings (SSSR count). The van der Waals surface area contributed by atoms with Gasteiger partial charge in [-0.2, -0.15) is 0 Å². The molecule has 0 fully saturated rings. The van der Waals surface area contributed by atoms with Crippen molar-refractivity contribution >= 4 is 43.4 Å². The molecule has 94 valence electrons. The predicted octanol–water partition coefficient (Wildman–Crippen LogP) is 4.67. The number of pyridine rings is 1. The molecule has 0 aliphatic carbocycles. The van der Waals surface area contributed by atoms with Crippen LogP contribution in [0.1, 0.15) is 5.56 Å². The largest absolute Gasteiger partial charge is 0.497 e. The number of ether oxygens (including phenoxy) is 1. The van der Waals surface area contributed by atoms with Crippen LogP contribution >= 0.6 is 31.9 Å². The fourth-order valence-corrected chi connectivity index (χ4v) is 2.39. The van der Waals surface area contributed by atoms with E-state index in [1.807, 2.05) is 37.4 Å². The molecule has 0 aliphatic rings. The van der Waals surface area contributed by atoms with Crippen molar-refractivity contribution in [3.8, 4) is 5.75 Å². The van der Waals surface area contributed by atoms with Crippen molar-refractivity contribution in [2.75, 3.05) is 12.4 Å². The van der Waals surface area contributed by atoms with Crippen molar-refractivity contribution in [1.82, 2.24) is 4.98 Å². The molecule has 0 radical (unpaired) electrons. The fraction of sp³-hybridized carbons (Fsp3) is 0.154. The molecule has 0 aliphatic heterocycles. The lowest BCUT2D eigenvalue weighted by molar-refractivity contribution is 0.415. The highest BCUT2D eigenvalue weighted by Crippen LogP contribution is 2.31. The van der Waals surface area contributed by atoms with Crippen molar-refractivity contribution in [3.05, 3.63) is 45.0 Å². The Balaban J connectivity index is 2.33. The highest BCUT2D eigenvalue weighted by atomic mass is 79.9. The van der Waals surface area contributed by atoms with Gasteiger partial charge in [0.1, 0.15) is 11.6 Å². The fourth-order valence-electron chi connectivity index (χ4n) is 1.48. The minimum absolute atomic E-state index is 0.773. The molecule has 1 heterocycles. The SMILES string of the molecule is COc1ccc(Br)c(Nc2ncc(C)cc2Br)c1. The average molecular weight is 372 g/mol. The monoisotopic (exact) mass is 370 g/mol. The maximum absolute atomic E-state index is 5.20. The van der Waals surface area contributed by atoms with E-state index < -0.39 is 0 Å². The van der Waals surface area contributed by atoms with Gasteiger partial charge in [-0.15, -0.1) is 0 Å². The van der Waals surface area contributed by atoms with E-state index in [4.69, 9.17) is 4.74 Å². The zero-order chi connectivity index (χ0) is 13.1. The van der Waals surface area contributed by atoms with Crippen LogP contribution in [-0.2, 0) is 0 Å². The second-order valence-corrected chi connectivity index (χ2v) is 5.52. The van der Waals surface area contributed by atoms with Gasteiger partial charge in [0.15, 0.2) is 0 Å². The Morgan fingerprint density at radius 3 is 2.61 bits per heavy atom. The summed E-state index contributed by atoms with van der Waals surface area (Å²) in [4.78, 5) is 4.35. The van der Waals surface area contributed by atoms with E-state index in [1.54, 1.807) is 7.11 Å². The van der Waals surface area contributed by atoms with Crippen LogP contribution < -0.4 is 10.1 Å². The number of aryl methyl sites for hydroxylation is 1. The van der Waals surface area contributed by atoms with Gasteiger partial charge in [0, 0.05) is 16.7 Å². The lowest BCUT2D eigenvalue weighted by atomic mass is 10.3. The lowest BCUT2D eigenvalue weighted by Gasteiger charge is -2.11. The summed E-state index contributed by atoms with van der Waals surface area (Å²) < 4.78 is 7.09. The summed E-state index contributed by atoms with van der Waals surface area (Å²) in [5.74, 6) is 1.57. The topological polar surface area (TPSA) is 34.1 Å². The van der Waals surface area contributed by atoms with E-state index in [9.17, 15) is 0 Å². The van der Waals surface area contributed by atoms with Crippen molar-refractivity contribution in [2.24, 2.45) is 0 Å². The first-order valence-corrected chi connectivity index (χ1v) is 6.91. The van der Waals surface area contributed by atoms with Gasteiger partial charge in [0.25, 0.3) is 0 Å². The van der Waals surface area contributed by atoms with Crippen molar-refractivity contribution < 1.29 is 4.74 Å². The van der Waals surface area contributed by atoms with Crippen LogP contribution in [-0.4, -0.2) is 12.1 Å². The summed E-state index contributed by atoms with van der Waals surface area (Å²) in [6.45, 7) is 2.00. The Kier molecular flexibility index (Phi) is 4.24. The molecule has 0 spiro atoms. The number of nitrogens with one attached hydrogen (secondary N) is 1. The van der Waals surface area contributed by atoms with Crippen molar-refractivity contribution in [2.45, 2.75) is 6.92 Å². The number of hydrogen-bond acceptors (Lipinski definition) is 3. The van der Waals surface area contributed by atoms with E-state index in [0.29, 0.717) is 0 Å². The number of nitrogens with zero attached hydrogens (tertiary/aromatic N) is 1. The Hall–Kier alpha value is -1.07. The highest BCUT2D eigenvalue weighted by Gasteiger charge is 2.06. The summed E-state index contributed by atoms with van der Waals surface area (Å²) in [6, 6.07) is 7.76. The zero-order valence-electron chi connectivity index (χ0n) is 10.00. The third-order valence-electron chi connectivity index (χ3n) is 2.40. The first kappa shape index (κ1) is 13.4. The Morgan fingerprint density at radius 1 is 1.17 bits per heavy atom. The van der Waals surface area contributed by atoms with Crippen molar-refractivity contribution in [3.63, 3.8) is 0 Å². The molecule has 0 bridgehead atoms. The Morgan fingerprint density at radius 2 is 1.94 bits per heavy atom. The van der Waals surface area contributed by atoms with Gasteiger partial charge in [0.2, 0.25) is 0 Å². The molecule has 0 saturated carbocycles. The standard InChI is InChI=1S/C13H12Br2N2O/c1-8-5-11(15)13(16-7-8)17-12-6-9(18-2)3-4-10(12)14/h3-7H,1-2H3,(H,16,17). The summed E-state index contributed by atoms with van der Waals surface area (Å²) >= 11 is 6.99. The molecule has 3 nitrogen and oxygen atoms in total. The minimum Gasteiger partial charge on any atom is -0.497 e. The molecule has 1 aromatic heterocycles. The summed E-state index contributed by atoms with van der Waals surface area (Å²) in [6.07, 6.45) is 1.82. The first-order valence-electron chi connectivity index (χ1n) is 5.33. The molecule has 0 amide bonds. The van der Waals surface area contributed by atoms with Gasteiger partial charge in [-0.25, -0.2) is 4.98 Å². The predicted molar refractivity (Wildman–Crippen MR) is 80.7 cm³/mol. The average Bonchev–Trinajstić information content (AvgIpc) is 2.35. The normalized spacial score (nSPS) is 10.2. The van der Waals surface area contributed by atoms with Crippen LogP contribution in [0.25, 0.3) is 0 Å². The maximum Gasteiger partial charge on any atom is 0.144 e. The highest BCUT2D eigenvalue weighted by molar-refractivity contribution is 9.11. The van der Waals surface area contributed by atoms with Crippen LogP contribution in [0.15, 0.2) is 39.4 Å². The summed E-state index contributed by atoms with van der Waals surface area (Å²) in [5, 5.41) is 3.26.